The molecule has 2 aliphatic rings. The van der Waals surface area contributed by atoms with Crippen molar-refractivity contribution in [3.05, 3.63) is 12.7 Å². The molecule has 2 rings (SSSR count). The van der Waals surface area contributed by atoms with Crippen molar-refractivity contribution in [2.75, 3.05) is 0 Å². The summed E-state index contributed by atoms with van der Waals surface area (Å²) in [7, 11) is 0. The van der Waals surface area contributed by atoms with E-state index in [0.29, 0.717) is 17.8 Å². The van der Waals surface area contributed by atoms with Crippen molar-refractivity contribution >= 4 is 5.97 Å². The Bertz CT molecular complexity index is 521. The maximum atomic E-state index is 11.8. The van der Waals surface area contributed by atoms with Crippen molar-refractivity contribution in [2.24, 2.45) is 22.7 Å². The van der Waals surface area contributed by atoms with Gasteiger partial charge in [-0.15, -0.1) is 6.58 Å². The van der Waals surface area contributed by atoms with Gasteiger partial charge in [0.2, 0.25) is 0 Å². The van der Waals surface area contributed by atoms with E-state index in [-0.39, 0.29) is 17.3 Å². The lowest BCUT2D eigenvalue weighted by Crippen LogP contribution is -2.59. The summed E-state index contributed by atoms with van der Waals surface area (Å²) in [5.74, 6) is 0.699. The van der Waals surface area contributed by atoms with Gasteiger partial charge in [0.1, 0.15) is 5.60 Å². The number of carbonyl (C=O) groups excluding carboxylic acids is 1. The first-order valence-corrected chi connectivity index (χ1v) is 9.92. The number of rotatable bonds is 5. The molecule has 0 spiro atoms. The molecule has 0 heterocycles. The van der Waals surface area contributed by atoms with Crippen LogP contribution in [0.5, 0.6) is 0 Å². The molecule has 2 aliphatic carbocycles. The van der Waals surface area contributed by atoms with Gasteiger partial charge in [-0.05, 0) is 69.1 Å². The predicted molar refractivity (Wildman–Crippen MR) is 102 cm³/mol. The monoisotopic (exact) mass is 350 g/mol. The Kier molecular flexibility index (Phi) is 5.50. The van der Waals surface area contributed by atoms with Gasteiger partial charge < -0.3 is 9.84 Å². The molecular weight excluding hydrogens is 312 g/mol. The molecule has 2 saturated carbocycles. The first-order valence-electron chi connectivity index (χ1n) is 9.92. The maximum absolute atomic E-state index is 11.8. The zero-order chi connectivity index (χ0) is 19.1. The number of aliphatic hydroxyl groups is 1. The predicted octanol–water partition coefficient (Wildman–Crippen LogP) is 5.27. The van der Waals surface area contributed by atoms with E-state index < -0.39 is 11.2 Å². The Labute approximate surface area is 154 Å². The van der Waals surface area contributed by atoms with Crippen molar-refractivity contribution in [3.8, 4) is 0 Å². The Balaban J connectivity index is 2.38. The standard InChI is InChI=1S/C22H38O3/c1-8-20(5,24)14-10-18-21(6)13-9-12-19(3,4)17(21)11-15-22(18,7)25-16(2)23/h8,17-18,24H,1,9-15H2,2-7H3/t17-,18-,20+,21-,22-/m0/s1. The van der Waals surface area contributed by atoms with E-state index in [0.717, 1.165) is 19.3 Å². The maximum Gasteiger partial charge on any atom is 0.303 e. The first-order chi connectivity index (χ1) is 11.4. The SMILES string of the molecule is C=C[C@@](C)(O)CC[C@H]1[C@@]2(C)CCCC(C)(C)[C@@H]2CC[C@]1(C)OC(C)=O. The number of carbonyl (C=O) groups is 1. The first kappa shape index (κ1) is 20.5. The lowest BCUT2D eigenvalue weighted by Gasteiger charge is -2.62. The summed E-state index contributed by atoms with van der Waals surface area (Å²) in [6.07, 6.45) is 8.84. The van der Waals surface area contributed by atoms with Crippen LogP contribution in [-0.2, 0) is 9.53 Å². The highest BCUT2D eigenvalue weighted by atomic mass is 16.6. The van der Waals surface area contributed by atoms with Crippen LogP contribution in [-0.4, -0.2) is 22.3 Å². The lowest BCUT2D eigenvalue weighted by molar-refractivity contribution is -0.200. The number of fused-ring (bicyclic) bond motifs is 1. The van der Waals surface area contributed by atoms with E-state index in [1.807, 2.05) is 6.92 Å². The molecule has 1 N–H and O–H groups in total. The van der Waals surface area contributed by atoms with Crippen molar-refractivity contribution in [1.82, 2.24) is 0 Å². The third kappa shape index (κ3) is 3.97. The topological polar surface area (TPSA) is 46.5 Å². The Hall–Kier alpha value is -0.830. The quantitative estimate of drug-likeness (QED) is 0.543. The summed E-state index contributed by atoms with van der Waals surface area (Å²) in [6, 6.07) is 0. The molecule has 0 aliphatic heterocycles. The van der Waals surface area contributed by atoms with Crippen molar-refractivity contribution in [2.45, 2.75) is 97.7 Å². The van der Waals surface area contributed by atoms with Crippen LogP contribution in [0.3, 0.4) is 0 Å². The summed E-state index contributed by atoms with van der Waals surface area (Å²) >= 11 is 0. The van der Waals surface area contributed by atoms with Gasteiger partial charge in [0, 0.05) is 12.8 Å². The minimum atomic E-state index is -0.870. The van der Waals surface area contributed by atoms with Crippen LogP contribution in [0.1, 0.15) is 86.5 Å². The summed E-state index contributed by atoms with van der Waals surface area (Å²) in [5.41, 5.74) is -0.850. The smallest absolute Gasteiger partial charge is 0.303 e. The molecule has 0 radical (unpaired) electrons. The summed E-state index contributed by atoms with van der Waals surface area (Å²) in [6.45, 7) is 16.4. The molecule has 0 aromatic carbocycles. The fraction of sp³-hybridized carbons (Fsp3) is 0.864. The third-order valence-corrected chi connectivity index (χ3v) is 7.49. The second-order valence-electron chi connectivity index (χ2n) is 10.00. The third-order valence-electron chi connectivity index (χ3n) is 7.49. The fourth-order valence-corrected chi connectivity index (χ4v) is 6.23. The van der Waals surface area contributed by atoms with E-state index in [2.05, 4.69) is 34.3 Å². The minimum Gasteiger partial charge on any atom is -0.459 e. The molecule has 144 valence electrons. The summed E-state index contributed by atoms with van der Waals surface area (Å²) < 4.78 is 5.93. The van der Waals surface area contributed by atoms with Crippen LogP contribution < -0.4 is 0 Å². The normalized spacial score (nSPS) is 39.8. The van der Waals surface area contributed by atoms with Crippen LogP contribution in [0.25, 0.3) is 0 Å². The molecule has 3 nitrogen and oxygen atoms in total. The lowest BCUT2D eigenvalue weighted by atomic mass is 9.45. The zero-order valence-corrected chi connectivity index (χ0v) is 17.2. The van der Waals surface area contributed by atoms with Crippen LogP contribution in [0, 0.1) is 22.7 Å². The van der Waals surface area contributed by atoms with Gasteiger partial charge in [0.25, 0.3) is 0 Å². The van der Waals surface area contributed by atoms with Crippen LogP contribution in [0.4, 0.5) is 0 Å². The molecule has 5 atom stereocenters. The highest BCUT2D eigenvalue weighted by molar-refractivity contribution is 5.66. The number of ether oxygens (including phenoxy) is 1. The number of hydrogen-bond acceptors (Lipinski definition) is 3. The van der Waals surface area contributed by atoms with E-state index in [1.165, 1.54) is 26.2 Å². The molecule has 25 heavy (non-hydrogen) atoms. The van der Waals surface area contributed by atoms with Crippen molar-refractivity contribution in [3.63, 3.8) is 0 Å². The van der Waals surface area contributed by atoms with Gasteiger partial charge in [-0.25, -0.2) is 0 Å². The highest BCUT2D eigenvalue weighted by Crippen LogP contribution is 2.63. The van der Waals surface area contributed by atoms with Crippen molar-refractivity contribution < 1.29 is 14.6 Å². The van der Waals surface area contributed by atoms with E-state index in [4.69, 9.17) is 4.74 Å². The molecule has 3 heteroatoms. The molecular formula is C22H38O3. The van der Waals surface area contributed by atoms with Crippen LogP contribution >= 0.6 is 0 Å². The highest BCUT2D eigenvalue weighted by Gasteiger charge is 2.59. The Morgan fingerprint density at radius 1 is 1.28 bits per heavy atom. The second kappa shape index (κ2) is 6.72. The minimum absolute atomic E-state index is 0.140. The fourth-order valence-electron chi connectivity index (χ4n) is 6.23. The van der Waals surface area contributed by atoms with Gasteiger partial charge in [-0.3, -0.25) is 4.79 Å². The molecule has 0 amide bonds. The van der Waals surface area contributed by atoms with Crippen LogP contribution in [0.15, 0.2) is 12.7 Å². The average molecular weight is 351 g/mol. The Morgan fingerprint density at radius 2 is 1.92 bits per heavy atom. The van der Waals surface area contributed by atoms with Gasteiger partial charge in [-0.1, -0.05) is 33.3 Å². The molecule has 0 bridgehead atoms. The molecule has 0 aromatic heterocycles. The Morgan fingerprint density at radius 3 is 2.48 bits per heavy atom. The second-order valence-corrected chi connectivity index (χ2v) is 10.00. The van der Waals surface area contributed by atoms with Gasteiger partial charge in [0.05, 0.1) is 5.60 Å². The molecule has 2 fully saturated rings. The van der Waals surface area contributed by atoms with Gasteiger partial charge >= 0.3 is 5.97 Å². The number of hydrogen-bond donors (Lipinski definition) is 1. The summed E-state index contributed by atoms with van der Waals surface area (Å²) in [4.78, 5) is 11.8. The summed E-state index contributed by atoms with van der Waals surface area (Å²) in [5, 5.41) is 10.5. The van der Waals surface area contributed by atoms with Gasteiger partial charge in [0.15, 0.2) is 0 Å². The van der Waals surface area contributed by atoms with Gasteiger partial charge in [-0.2, -0.15) is 0 Å². The van der Waals surface area contributed by atoms with E-state index >= 15 is 0 Å². The molecule has 0 aromatic rings. The average Bonchev–Trinajstić information content (AvgIpc) is 2.44. The van der Waals surface area contributed by atoms with Crippen molar-refractivity contribution in [1.29, 1.82) is 0 Å². The molecule has 0 saturated heterocycles. The zero-order valence-electron chi connectivity index (χ0n) is 17.2. The number of esters is 1. The molecule has 0 unspecified atom stereocenters. The van der Waals surface area contributed by atoms with Crippen LogP contribution in [0.2, 0.25) is 0 Å². The van der Waals surface area contributed by atoms with E-state index in [1.54, 1.807) is 6.08 Å². The largest absolute Gasteiger partial charge is 0.459 e. The van der Waals surface area contributed by atoms with E-state index in [9.17, 15) is 9.90 Å².